The monoisotopic (exact) mass is 603 g/mol. The molecule has 0 spiro atoms. The number of likely N-dealkylation sites (tertiary alicyclic amines) is 1. The Bertz CT molecular complexity index is 1610. The van der Waals surface area contributed by atoms with E-state index in [1.54, 1.807) is 18.5 Å². The van der Waals surface area contributed by atoms with Gasteiger partial charge in [-0.25, -0.2) is 14.5 Å². The maximum absolute atomic E-state index is 13.8. The number of hydrogen-bond acceptors (Lipinski definition) is 9. The number of fused-ring (bicyclic) bond motifs is 1. The van der Waals surface area contributed by atoms with Crippen LogP contribution in [0.1, 0.15) is 29.2 Å². The molecule has 12 nitrogen and oxygen atoms in total. The number of rotatable bonds is 7. The van der Waals surface area contributed by atoms with Crippen LogP contribution in [0, 0.1) is 0 Å². The lowest BCUT2D eigenvalue weighted by atomic mass is 9.95. The summed E-state index contributed by atoms with van der Waals surface area (Å²) in [7, 11) is 1.45. The SMILES string of the molecule is COc1cc(-c2n[nH]c(-c3ncc(C4CCN(C(=O)CN5CCNC(=O)C5)CC4)s3)c2CC(F)(F)F)cn2ncnc12. The van der Waals surface area contributed by atoms with Crippen LogP contribution in [0.15, 0.2) is 24.8 Å². The molecule has 2 fully saturated rings. The Hall–Kier alpha value is -4.05. The standard InChI is InChI=1S/C26H28F3N9O3S/c1-41-18-8-16(11-38-24(18)32-14-33-38)22-17(9-26(27,28)29)23(35-34-22)25-31-10-19(42-25)15-2-5-37(6-3-15)21(40)13-36-7-4-30-20(39)12-36/h8,10-11,14-15H,2-7,9,12-13H2,1H3,(H,30,39)(H,34,35). The molecule has 6 rings (SSSR count). The first kappa shape index (κ1) is 28.1. The van der Waals surface area contributed by atoms with Crippen molar-refractivity contribution in [2.75, 3.05) is 46.4 Å². The first-order chi connectivity index (χ1) is 20.2. The van der Waals surface area contributed by atoms with Crippen molar-refractivity contribution in [3.05, 3.63) is 35.2 Å². The lowest BCUT2D eigenvalue weighted by Crippen LogP contribution is -2.51. The number of piperidine rings is 1. The second kappa shape index (κ2) is 11.3. The Morgan fingerprint density at radius 1 is 1.21 bits per heavy atom. The van der Waals surface area contributed by atoms with Gasteiger partial charge in [0.25, 0.3) is 0 Å². The van der Waals surface area contributed by atoms with Crippen molar-refractivity contribution in [2.24, 2.45) is 0 Å². The zero-order valence-electron chi connectivity index (χ0n) is 22.6. The first-order valence-corrected chi connectivity index (χ1v) is 14.2. The van der Waals surface area contributed by atoms with Gasteiger partial charge in [-0.1, -0.05) is 0 Å². The van der Waals surface area contributed by atoms with Gasteiger partial charge in [-0.2, -0.15) is 23.4 Å². The topological polar surface area (TPSA) is 134 Å². The minimum Gasteiger partial charge on any atom is -0.493 e. The molecule has 2 aliphatic rings. The molecular formula is C26H28F3N9O3S. The first-order valence-electron chi connectivity index (χ1n) is 13.4. The van der Waals surface area contributed by atoms with Crippen molar-refractivity contribution in [2.45, 2.75) is 31.4 Å². The summed E-state index contributed by atoms with van der Waals surface area (Å²) in [6.07, 6.45) is 0.362. The molecule has 0 atom stereocenters. The number of hydrogen-bond donors (Lipinski definition) is 2. The molecule has 6 heterocycles. The largest absolute Gasteiger partial charge is 0.493 e. The number of aromatic nitrogens is 6. The fourth-order valence-electron chi connectivity index (χ4n) is 5.45. The quantitative estimate of drug-likeness (QED) is 0.329. The van der Waals surface area contributed by atoms with Gasteiger partial charge in [-0.3, -0.25) is 19.6 Å². The Kier molecular flexibility index (Phi) is 7.57. The molecule has 42 heavy (non-hydrogen) atoms. The highest BCUT2D eigenvalue weighted by atomic mass is 32.1. The minimum atomic E-state index is -4.48. The van der Waals surface area contributed by atoms with Crippen molar-refractivity contribution in [3.8, 4) is 27.7 Å². The lowest BCUT2D eigenvalue weighted by Gasteiger charge is -2.34. The van der Waals surface area contributed by atoms with Crippen LogP contribution in [0.3, 0.4) is 0 Å². The van der Waals surface area contributed by atoms with Crippen LogP contribution in [0.4, 0.5) is 13.2 Å². The van der Waals surface area contributed by atoms with Gasteiger partial charge in [0.1, 0.15) is 11.3 Å². The van der Waals surface area contributed by atoms with Crippen LogP contribution >= 0.6 is 11.3 Å². The van der Waals surface area contributed by atoms with E-state index < -0.39 is 12.6 Å². The summed E-state index contributed by atoms with van der Waals surface area (Å²) in [5.74, 6) is 0.409. The number of nitrogens with zero attached hydrogens (tertiary/aromatic N) is 7. The molecule has 0 aliphatic carbocycles. The normalized spacial score (nSPS) is 17.1. The number of ether oxygens (including phenoxy) is 1. The summed E-state index contributed by atoms with van der Waals surface area (Å²) in [6, 6.07) is 1.59. The van der Waals surface area contributed by atoms with Crippen molar-refractivity contribution in [1.29, 1.82) is 0 Å². The molecule has 0 aromatic carbocycles. The highest BCUT2D eigenvalue weighted by Crippen LogP contribution is 2.40. The molecule has 0 bridgehead atoms. The van der Waals surface area contributed by atoms with Gasteiger partial charge < -0.3 is 15.0 Å². The molecule has 2 saturated heterocycles. The molecule has 2 aliphatic heterocycles. The molecule has 2 N–H and O–H groups in total. The zero-order valence-corrected chi connectivity index (χ0v) is 23.5. The second-order valence-corrected chi connectivity index (χ2v) is 11.4. The van der Waals surface area contributed by atoms with Crippen molar-refractivity contribution in [1.82, 2.24) is 44.9 Å². The number of carbonyl (C=O) groups excluding carboxylic acids is 2. The van der Waals surface area contributed by atoms with E-state index >= 15 is 0 Å². The highest BCUT2D eigenvalue weighted by molar-refractivity contribution is 7.15. The number of amides is 2. The van der Waals surface area contributed by atoms with Crippen LogP contribution in [-0.2, 0) is 16.0 Å². The number of H-pyrrole nitrogens is 1. The molecule has 16 heteroatoms. The van der Waals surface area contributed by atoms with Gasteiger partial charge in [0.2, 0.25) is 11.8 Å². The van der Waals surface area contributed by atoms with Gasteiger partial charge in [-0.15, -0.1) is 11.3 Å². The average Bonchev–Trinajstić information content (AvgIpc) is 3.71. The zero-order chi connectivity index (χ0) is 29.4. The number of thiazole rings is 1. The van der Waals surface area contributed by atoms with E-state index in [4.69, 9.17) is 4.74 Å². The average molecular weight is 604 g/mol. The van der Waals surface area contributed by atoms with Crippen molar-refractivity contribution >= 4 is 28.8 Å². The number of alkyl halides is 3. The van der Waals surface area contributed by atoms with E-state index in [1.165, 1.54) is 29.3 Å². The van der Waals surface area contributed by atoms with Gasteiger partial charge in [0.15, 0.2) is 11.4 Å². The summed E-state index contributed by atoms with van der Waals surface area (Å²) in [5, 5.41) is 14.3. The molecule has 0 unspecified atom stereocenters. The summed E-state index contributed by atoms with van der Waals surface area (Å²) in [6.45, 7) is 2.75. The number of halogens is 3. The number of methoxy groups -OCH3 is 1. The van der Waals surface area contributed by atoms with E-state index in [0.29, 0.717) is 48.1 Å². The predicted molar refractivity (Wildman–Crippen MR) is 146 cm³/mol. The highest BCUT2D eigenvalue weighted by Gasteiger charge is 2.34. The summed E-state index contributed by atoms with van der Waals surface area (Å²) >= 11 is 1.33. The number of aromatic amines is 1. The molecule has 222 valence electrons. The Labute approximate surface area is 241 Å². The molecule has 2 amide bonds. The van der Waals surface area contributed by atoms with Crippen molar-refractivity contribution < 1.29 is 27.5 Å². The van der Waals surface area contributed by atoms with E-state index in [9.17, 15) is 22.8 Å². The molecule has 0 radical (unpaired) electrons. The smallest absolute Gasteiger partial charge is 0.393 e. The van der Waals surface area contributed by atoms with E-state index in [1.807, 2.05) is 9.80 Å². The Balaban J connectivity index is 1.20. The molecule has 4 aromatic rings. The predicted octanol–water partition coefficient (Wildman–Crippen LogP) is 2.49. The summed E-state index contributed by atoms with van der Waals surface area (Å²) in [4.78, 5) is 37.6. The molecular weight excluding hydrogens is 575 g/mol. The van der Waals surface area contributed by atoms with Crippen LogP contribution in [0.5, 0.6) is 5.75 Å². The van der Waals surface area contributed by atoms with E-state index in [0.717, 1.165) is 17.7 Å². The fraction of sp³-hybridized carbons (Fsp3) is 0.462. The summed E-state index contributed by atoms with van der Waals surface area (Å²) in [5.41, 5.74) is 1.16. The van der Waals surface area contributed by atoms with E-state index in [-0.39, 0.29) is 47.8 Å². The minimum absolute atomic E-state index is 0.00404. The van der Waals surface area contributed by atoms with Crippen LogP contribution in [-0.4, -0.2) is 104 Å². The Morgan fingerprint density at radius 2 is 2.02 bits per heavy atom. The van der Waals surface area contributed by atoms with E-state index in [2.05, 4.69) is 30.6 Å². The Morgan fingerprint density at radius 3 is 2.76 bits per heavy atom. The van der Waals surface area contributed by atoms with Gasteiger partial charge in [0.05, 0.1) is 38.0 Å². The van der Waals surface area contributed by atoms with Crippen LogP contribution in [0.25, 0.3) is 27.6 Å². The third-order valence-corrected chi connectivity index (χ3v) is 8.72. The molecule has 0 saturated carbocycles. The van der Waals surface area contributed by atoms with Crippen LogP contribution in [0.2, 0.25) is 0 Å². The third kappa shape index (κ3) is 5.81. The number of pyridine rings is 1. The van der Waals surface area contributed by atoms with Gasteiger partial charge in [-0.05, 0) is 24.8 Å². The number of nitrogens with one attached hydrogen (secondary N) is 2. The summed E-state index contributed by atoms with van der Waals surface area (Å²) < 4.78 is 48.1. The van der Waals surface area contributed by atoms with Gasteiger partial charge in [0, 0.05) is 54.6 Å². The fourth-order valence-corrected chi connectivity index (χ4v) is 6.56. The molecule has 4 aromatic heterocycles. The maximum Gasteiger partial charge on any atom is 0.393 e. The number of piperazine rings is 1. The van der Waals surface area contributed by atoms with Crippen molar-refractivity contribution in [3.63, 3.8) is 0 Å². The van der Waals surface area contributed by atoms with Crippen LogP contribution < -0.4 is 10.1 Å². The second-order valence-electron chi connectivity index (χ2n) is 10.3. The number of carbonyl (C=O) groups is 2. The lowest BCUT2D eigenvalue weighted by molar-refractivity contribution is -0.135. The van der Waals surface area contributed by atoms with Gasteiger partial charge >= 0.3 is 6.18 Å². The maximum atomic E-state index is 13.8. The third-order valence-electron chi connectivity index (χ3n) is 7.54.